The van der Waals surface area contributed by atoms with Crippen molar-refractivity contribution in [1.29, 1.82) is 0 Å². The van der Waals surface area contributed by atoms with Gasteiger partial charge in [-0.1, -0.05) is 34.6 Å². The molecule has 0 spiro atoms. The molecule has 4 aromatic heterocycles. The van der Waals surface area contributed by atoms with Crippen LogP contribution in [-0.2, 0) is 17.3 Å². The van der Waals surface area contributed by atoms with Gasteiger partial charge in [0, 0.05) is 17.3 Å². The van der Waals surface area contributed by atoms with Crippen LogP contribution in [0.3, 0.4) is 0 Å². The van der Waals surface area contributed by atoms with Gasteiger partial charge in [-0.05, 0) is 6.07 Å². The van der Waals surface area contributed by atoms with Crippen molar-refractivity contribution >= 4 is 22.5 Å². The zero-order valence-electron chi connectivity index (χ0n) is 16.7. The molecule has 8 nitrogen and oxygen atoms in total. The quantitative estimate of drug-likeness (QED) is 0.539. The Hall–Kier alpha value is -3.16. The van der Waals surface area contributed by atoms with Crippen molar-refractivity contribution in [3.63, 3.8) is 0 Å². The highest BCUT2D eigenvalue weighted by Gasteiger charge is 2.25. The Labute approximate surface area is 162 Å². The largest absolute Gasteiger partial charge is 0.247 e. The fourth-order valence-corrected chi connectivity index (χ4v) is 2.93. The van der Waals surface area contributed by atoms with E-state index in [9.17, 15) is 0 Å². The molecule has 0 aromatic carbocycles. The average molecular weight is 374 g/mol. The first-order chi connectivity index (χ1) is 13.2. The Morgan fingerprint density at radius 3 is 2.25 bits per heavy atom. The Kier molecular flexibility index (Phi) is 4.21. The van der Waals surface area contributed by atoms with Gasteiger partial charge < -0.3 is 0 Å². The Balaban J connectivity index is 1.68. The van der Waals surface area contributed by atoms with Crippen molar-refractivity contribution in [2.24, 2.45) is 0 Å². The van der Waals surface area contributed by atoms with Crippen molar-refractivity contribution < 1.29 is 0 Å². The molecule has 0 N–H and O–H groups in total. The second kappa shape index (κ2) is 6.47. The van der Waals surface area contributed by atoms with Gasteiger partial charge in [-0.15, -0.1) is 5.10 Å². The monoisotopic (exact) mass is 374 g/mol. The number of rotatable bonds is 3. The third-order valence-corrected chi connectivity index (χ3v) is 4.64. The van der Waals surface area contributed by atoms with E-state index >= 15 is 0 Å². The predicted molar refractivity (Wildman–Crippen MR) is 106 cm³/mol. The first kappa shape index (κ1) is 18.2. The normalized spacial score (nSPS) is 12.6. The molecule has 0 saturated carbocycles. The molecule has 0 saturated heterocycles. The fourth-order valence-electron chi connectivity index (χ4n) is 2.93. The summed E-state index contributed by atoms with van der Waals surface area (Å²) < 4.78 is 0. The third-order valence-electron chi connectivity index (χ3n) is 4.64. The number of nitrogens with zero attached hydrogens (tertiary/aromatic N) is 8. The summed E-state index contributed by atoms with van der Waals surface area (Å²) in [4.78, 5) is 27.3. The molecule has 4 heterocycles. The van der Waals surface area contributed by atoms with Crippen LogP contribution in [0, 0.1) is 0 Å². The lowest BCUT2D eigenvalue weighted by Gasteiger charge is -2.23. The molecule has 8 heteroatoms. The van der Waals surface area contributed by atoms with Crippen molar-refractivity contribution in [3.8, 4) is 0 Å². The van der Waals surface area contributed by atoms with E-state index in [-0.39, 0.29) is 10.8 Å². The summed E-state index contributed by atoms with van der Waals surface area (Å²) in [5, 5.41) is 7.83. The summed E-state index contributed by atoms with van der Waals surface area (Å²) in [5.74, 6) is 0. The third kappa shape index (κ3) is 3.49. The van der Waals surface area contributed by atoms with E-state index in [1.807, 2.05) is 6.07 Å². The van der Waals surface area contributed by atoms with Crippen LogP contribution in [0.1, 0.15) is 51.7 Å². The highest BCUT2D eigenvalue weighted by molar-refractivity contribution is 5.68. The minimum Gasteiger partial charge on any atom is -0.247 e. The molecular weight excluding hydrogens is 352 g/mol. The molecule has 0 aliphatic rings. The van der Waals surface area contributed by atoms with E-state index in [1.165, 1.54) is 0 Å². The predicted octanol–water partition coefficient (Wildman–Crippen LogP) is 2.97. The van der Waals surface area contributed by atoms with E-state index in [4.69, 9.17) is 9.97 Å². The van der Waals surface area contributed by atoms with Gasteiger partial charge >= 0.3 is 0 Å². The fraction of sp³-hybridized carbons (Fsp3) is 0.400. The minimum absolute atomic E-state index is 0.0955. The van der Waals surface area contributed by atoms with Crippen LogP contribution in [-0.4, -0.2) is 40.1 Å². The van der Waals surface area contributed by atoms with Gasteiger partial charge in [-0.2, -0.15) is 5.10 Å². The molecule has 0 atom stereocenters. The van der Waals surface area contributed by atoms with Crippen LogP contribution in [0.15, 0.2) is 30.9 Å². The Bertz CT molecular complexity index is 1160. The van der Waals surface area contributed by atoms with Crippen LogP contribution in [0.25, 0.3) is 22.5 Å². The maximum Gasteiger partial charge on any atom is 0.200 e. The highest BCUT2D eigenvalue weighted by Crippen LogP contribution is 2.26. The number of hydrogen-bond acceptors (Lipinski definition) is 8. The highest BCUT2D eigenvalue weighted by atomic mass is 15.1. The summed E-state index contributed by atoms with van der Waals surface area (Å²) in [5.41, 5.74) is 4.61. The molecule has 0 aliphatic heterocycles. The molecule has 0 amide bonds. The van der Waals surface area contributed by atoms with Gasteiger partial charge in [0.2, 0.25) is 0 Å². The van der Waals surface area contributed by atoms with Crippen molar-refractivity contribution in [3.05, 3.63) is 47.9 Å². The molecule has 0 unspecified atom stereocenters. The maximum absolute atomic E-state index is 4.72. The van der Waals surface area contributed by atoms with Crippen LogP contribution in [0.2, 0.25) is 0 Å². The molecule has 4 rings (SSSR count). The first-order valence-electron chi connectivity index (χ1n) is 9.16. The van der Waals surface area contributed by atoms with Crippen molar-refractivity contribution in [1.82, 2.24) is 40.1 Å². The first-order valence-corrected chi connectivity index (χ1v) is 9.16. The standard InChI is InChI=1S/C20H22N8/c1-19(2,3)14-10-23-17-18(27-14)25-12(9-21-17)8-20(4,5)15-11-22-16-13(26-15)6-7-24-28-16/h6-7,9-11H,8H2,1-5H3. The molecule has 0 bridgehead atoms. The second-order valence-corrected chi connectivity index (χ2v) is 8.57. The van der Waals surface area contributed by atoms with E-state index in [1.54, 1.807) is 24.8 Å². The lowest BCUT2D eigenvalue weighted by atomic mass is 9.84. The lowest BCUT2D eigenvalue weighted by Crippen LogP contribution is -2.23. The smallest absolute Gasteiger partial charge is 0.200 e. The Morgan fingerprint density at radius 2 is 1.46 bits per heavy atom. The van der Waals surface area contributed by atoms with E-state index < -0.39 is 0 Å². The molecule has 28 heavy (non-hydrogen) atoms. The minimum atomic E-state index is -0.290. The van der Waals surface area contributed by atoms with Crippen LogP contribution >= 0.6 is 0 Å². The van der Waals surface area contributed by atoms with Gasteiger partial charge in [0.05, 0.1) is 41.9 Å². The number of aromatic nitrogens is 8. The van der Waals surface area contributed by atoms with Crippen molar-refractivity contribution in [2.45, 2.75) is 51.9 Å². The number of fused-ring (bicyclic) bond motifs is 2. The van der Waals surface area contributed by atoms with Gasteiger partial charge in [0.15, 0.2) is 16.9 Å². The van der Waals surface area contributed by atoms with E-state index in [2.05, 4.69) is 64.8 Å². The van der Waals surface area contributed by atoms with Crippen LogP contribution < -0.4 is 0 Å². The molecule has 4 aromatic rings. The van der Waals surface area contributed by atoms with Gasteiger partial charge in [0.1, 0.15) is 5.52 Å². The second-order valence-electron chi connectivity index (χ2n) is 8.57. The summed E-state index contributed by atoms with van der Waals surface area (Å²) >= 11 is 0. The van der Waals surface area contributed by atoms with E-state index in [0.29, 0.717) is 23.4 Å². The molecular formula is C20H22N8. The molecule has 142 valence electrons. The molecule has 0 radical (unpaired) electrons. The van der Waals surface area contributed by atoms with Crippen molar-refractivity contribution in [2.75, 3.05) is 0 Å². The van der Waals surface area contributed by atoms with E-state index in [0.717, 1.165) is 22.6 Å². The van der Waals surface area contributed by atoms with Crippen LogP contribution in [0.5, 0.6) is 0 Å². The summed E-state index contributed by atoms with van der Waals surface area (Å²) in [6.45, 7) is 10.5. The zero-order chi connectivity index (χ0) is 19.9. The lowest BCUT2D eigenvalue weighted by molar-refractivity contribution is 0.498. The maximum atomic E-state index is 4.72. The average Bonchev–Trinajstić information content (AvgIpc) is 2.66. The molecule has 0 aliphatic carbocycles. The van der Waals surface area contributed by atoms with Crippen LogP contribution in [0.4, 0.5) is 0 Å². The SMILES string of the molecule is CC(C)(C)c1cnc2ncc(CC(C)(C)c3cnc4nnccc4n3)nc2n1. The number of hydrogen-bond donors (Lipinski definition) is 0. The van der Waals surface area contributed by atoms with Gasteiger partial charge in [0.25, 0.3) is 0 Å². The van der Waals surface area contributed by atoms with Gasteiger partial charge in [-0.25, -0.2) is 29.9 Å². The topological polar surface area (TPSA) is 103 Å². The molecule has 0 fully saturated rings. The Morgan fingerprint density at radius 1 is 0.750 bits per heavy atom. The van der Waals surface area contributed by atoms with Gasteiger partial charge in [-0.3, -0.25) is 0 Å². The summed E-state index contributed by atoms with van der Waals surface area (Å²) in [7, 11) is 0. The zero-order valence-corrected chi connectivity index (χ0v) is 16.7. The summed E-state index contributed by atoms with van der Waals surface area (Å²) in [6, 6.07) is 1.81. The summed E-state index contributed by atoms with van der Waals surface area (Å²) in [6.07, 6.45) is 7.55.